The lowest BCUT2D eigenvalue weighted by molar-refractivity contribution is 0.0952. The maximum Gasteiger partial charge on any atom is 0.252 e. The Morgan fingerprint density at radius 1 is 1.44 bits per heavy atom. The molecule has 0 fully saturated rings. The topological polar surface area (TPSA) is 29.1 Å². The minimum Gasteiger partial charge on any atom is -0.352 e. The molecule has 0 radical (unpaired) electrons. The van der Waals surface area contributed by atoms with Gasteiger partial charge in [0, 0.05) is 11.0 Å². The molecular formula is C11H12BrFINO. The first-order valence-corrected chi connectivity index (χ1v) is 7.26. The van der Waals surface area contributed by atoms with Crippen LogP contribution in [0.1, 0.15) is 23.2 Å². The fourth-order valence-corrected chi connectivity index (χ4v) is 2.15. The van der Waals surface area contributed by atoms with E-state index >= 15 is 0 Å². The number of carbonyl (C=O) groups is 1. The third-order valence-corrected chi connectivity index (χ3v) is 3.47. The van der Waals surface area contributed by atoms with Gasteiger partial charge < -0.3 is 5.32 Å². The molecule has 0 saturated heterocycles. The first-order chi connectivity index (χ1) is 7.65. The van der Waals surface area contributed by atoms with Crippen LogP contribution in [0, 0.1) is 5.82 Å². The monoisotopic (exact) mass is 399 g/mol. The largest absolute Gasteiger partial charge is 0.352 e. The zero-order valence-corrected chi connectivity index (χ0v) is 12.3. The van der Waals surface area contributed by atoms with Crippen LogP contribution in [0.2, 0.25) is 0 Å². The maximum atomic E-state index is 12.9. The summed E-state index contributed by atoms with van der Waals surface area (Å²) in [5.41, 5.74) is 0.342. The number of amides is 1. The number of benzene rings is 1. The second-order valence-corrected chi connectivity index (χ2v) is 5.21. The summed E-state index contributed by atoms with van der Waals surface area (Å²) in [7, 11) is 0. The molecule has 1 rings (SSSR count). The second kappa shape index (κ2) is 7.21. The highest BCUT2D eigenvalue weighted by Gasteiger charge is 2.10. The minimum absolute atomic E-state index is 0.236. The summed E-state index contributed by atoms with van der Waals surface area (Å²) < 4.78 is 14.6. The number of unbranched alkanes of at least 4 members (excludes halogenated alkanes) is 1. The van der Waals surface area contributed by atoms with Gasteiger partial charge in [0.1, 0.15) is 5.82 Å². The number of hydrogen-bond donors (Lipinski definition) is 1. The van der Waals surface area contributed by atoms with Crippen molar-refractivity contribution in [2.45, 2.75) is 12.8 Å². The molecule has 0 aromatic heterocycles. The van der Waals surface area contributed by atoms with E-state index in [9.17, 15) is 9.18 Å². The Balaban J connectivity index is 2.55. The van der Waals surface area contributed by atoms with E-state index in [2.05, 4.69) is 43.8 Å². The lowest BCUT2D eigenvalue weighted by Crippen LogP contribution is -2.25. The highest BCUT2D eigenvalue weighted by Crippen LogP contribution is 2.17. The lowest BCUT2D eigenvalue weighted by atomic mass is 10.2. The Morgan fingerprint density at radius 2 is 2.19 bits per heavy atom. The molecule has 0 saturated carbocycles. The van der Waals surface area contributed by atoms with Gasteiger partial charge in [-0.15, -0.1) is 0 Å². The van der Waals surface area contributed by atoms with Crippen LogP contribution in [0.15, 0.2) is 22.7 Å². The van der Waals surface area contributed by atoms with Crippen LogP contribution in [-0.2, 0) is 0 Å². The van der Waals surface area contributed by atoms with Gasteiger partial charge in [-0.05, 0) is 51.4 Å². The number of rotatable bonds is 5. The van der Waals surface area contributed by atoms with Gasteiger partial charge in [-0.25, -0.2) is 4.39 Å². The van der Waals surface area contributed by atoms with Gasteiger partial charge in [-0.2, -0.15) is 0 Å². The molecule has 0 atom stereocenters. The van der Waals surface area contributed by atoms with E-state index < -0.39 is 5.82 Å². The fraction of sp³-hybridized carbons (Fsp3) is 0.364. The number of nitrogens with one attached hydrogen (secondary N) is 1. The Hall–Kier alpha value is -0.170. The molecule has 0 spiro atoms. The van der Waals surface area contributed by atoms with E-state index in [-0.39, 0.29) is 5.91 Å². The molecule has 1 aromatic rings. The van der Waals surface area contributed by atoms with E-state index in [0.717, 1.165) is 17.3 Å². The normalized spacial score (nSPS) is 10.2. The Morgan fingerprint density at radius 3 is 2.88 bits per heavy atom. The highest BCUT2D eigenvalue weighted by atomic mass is 127. The van der Waals surface area contributed by atoms with Gasteiger partial charge in [0.05, 0.1) is 5.56 Å². The van der Waals surface area contributed by atoms with Crippen molar-refractivity contribution in [2.24, 2.45) is 0 Å². The van der Waals surface area contributed by atoms with Crippen molar-refractivity contribution >= 4 is 44.4 Å². The molecule has 1 aromatic carbocycles. The van der Waals surface area contributed by atoms with E-state index in [1.54, 1.807) is 0 Å². The first-order valence-electron chi connectivity index (χ1n) is 4.94. The van der Waals surface area contributed by atoms with Crippen molar-refractivity contribution in [1.29, 1.82) is 0 Å². The van der Waals surface area contributed by atoms with Crippen molar-refractivity contribution in [3.63, 3.8) is 0 Å². The third-order valence-electron chi connectivity index (χ3n) is 2.02. The van der Waals surface area contributed by atoms with Crippen LogP contribution < -0.4 is 5.32 Å². The molecule has 1 amide bonds. The molecular weight excluding hydrogens is 388 g/mol. The Labute approximate surface area is 116 Å². The standard InChI is InChI=1S/C11H12BrFINO/c12-10-4-3-8(13)7-9(10)11(16)15-6-2-1-5-14/h3-4,7H,1-2,5-6H2,(H,15,16). The molecule has 0 unspecified atom stereocenters. The van der Waals surface area contributed by atoms with Crippen molar-refractivity contribution in [1.82, 2.24) is 5.32 Å². The molecule has 0 aliphatic rings. The zero-order valence-electron chi connectivity index (χ0n) is 8.60. The van der Waals surface area contributed by atoms with Gasteiger partial charge in [-0.1, -0.05) is 22.6 Å². The van der Waals surface area contributed by atoms with Gasteiger partial charge in [0.15, 0.2) is 0 Å². The summed E-state index contributed by atoms with van der Waals surface area (Å²) >= 11 is 5.52. The quantitative estimate of drug-likeness (QED) is 0.458. The molecule has 0 aliphatic carbocycles. The summed E-state index contributed by atoms with van der Waals surface area (Å²) in [4.78, 5) is 11.7. The molecule has 2 nitrogen and oxygen atoms in total. The van der Waals surface area contributed by atoms with Crippen LogP contribution >= 0.6 is 38.5 Å². The number of alkyl halides is 1. The zero-order chi connectivity index (χ0) is 12.0. The van der Waals surface area contributed by atoms with E-state index in [0.29, 0.717) is 16.6 Å². The lowest BCUT2D eigenvalue weighted by Gasteiger charge is -2.06. The summed E-state index contributed by atoms with van der Waals surface area (Å²) in [6, 6.07) is 4.09. The van der Waals surface area contributed by atoms with Gasteiger partial charge >= 0.3 is 0 Å². The minimum atomic E-state index is -0.402. The summed E-state index contributed by atoms with van der Waals surface area (Å²) in [6.45, 7) is 0.630. The van der Waals surface area contributed by atoms with Crippen LogP contribution in [0.4, 0.5) is 4.39 Å². The molecule has 5 heteroatoms. The van der Waals surface area contributed by atoms with Gasteiger partial charge in [0.2, 0.25) is 0 Å². The molecule has 1 N–H and O–H groups in total. The number of hydrogen-bond acceptors (Lipinski definition) is 1. The maximum absolute atomic E-state index is 12.9. The van der Waals surface area contributed by atoms with Crippen molar-refractivity contribution in [3.8, 4) is 0 Å². The molecule has 16 heavy (non-hydrogen) atoms. The van der Waals surface area contributed by atoms with Crippen LogP contribution in [0.5, 0.6) is 0 Å². The molecule has 0 heterocycles. The summed E-state index contributed by atoms with van der Waals surface area (Å²) in [5, 5.41) is 2.76. The predicted octanol–water partition coefficient (Wildman–Crippen LogP) is 3.53. The van der Waals surface area contributed by atoms with Crippen LogP contribution in [-0.4, -0.2) is 16.9 Å². The van der Waals surface area contributed by atoms with Crippen LogP contribution in [0.3, 0.4) is 0 Å². The summed E-state index contributed by atoms with van der Waals surface area (Å²) in [5.74, 6) is -0.638. The van der Waals surface area contributed by atoms with Crippen molar-refractivity contribution in [2.75, 3.05) is 11.0 Å². The fourth-order valence-electron chi connectivity index (χ4n) is 1.19. The van der Waals surface area contributed by atoms with E-state index in [4.69, 9.17) is 0 Å². The first kappa shape index (κ1) is 13.9. The molecule has 88 valence electrons. The average molecular weight is 400 g/mol. The smallest absolute Gasteiger partial charge is 0.252 e. The molecule has 0 bridgehead atoms. The average Bonchev–Trinajstić information content (AvgIpc) is 2.27. The number of halogens is 3. The van der Waals surface area contributed by atoms with Crippen molar-refractivity contribution in [3.05, 3.63) is 34.1 Å². The SMILES string of the molecule is O=C(NCCCCI)c1cc(F)ccc1Br. The third kappa shape index (κ3) is 4.37. The van der Waals surface area contributed by atoms with Crippen molar-refractivity contribution < 1.29 is 9.18 Å². The van der Waals surface area contributed by atoms with E-state index in [1.165, 1.54) is 18.2 Å². The Kier molecular flexibility index (Phi) is 6.26. The predicted molar refractivity (Wildman–Crippen MR) is 74.6 cm³/mol. The van der Waals surface area contributed by atoms with Crippen LogP contribution in [0.25, 0.3) is 0 Å². The van der Waals surface area contributed by atoms with E-state index in [1.807, 2.05) is 0 Å². The highest BCUT2D eigenvalue weighted by molar-refractivity contribution is 14.1. The second-order valence-electron chi connectivity index (χ2n) is 3.28. The Bertz CT molecular complexity index is 373. The van der Waals surface area contributed by atoms with Gasteiger partial charge in [0.25, 0.3) is 5.91 Å². The van der Waals surface area contributed by atoms with Gasteiger partial charge in [-0.3, -0.25) is 4.79 Å². The molecule has 0 aliphatic heterocycles. The summed E-state index contributed by atoms with van der Waals surface area (Å²) in [6.07, 6.45) is 2.02. The number of carbonyl (C=O) groups excluding carboxylic acids is 1.